The van der Waals surface area contributed by atoms with Gasteiger partial charge >= 0.3 is 11.9 Å². The third-order valence-corrected chi connectivity index (χ3v) is 3.71. The van der Waals surface area contributed by atoms with E-state index in [-0.39, 0.29) is 24.9 Å². The molecule has 0 spiro atoms. The average molecular weight is 356 g/mol. The molecule has 144 valence electrons. The lowest BCUT2D eigenvalue weighted by Gasteiger charge is -2.25. The van der Waals surface area contributed by atoms with Crippen LogP contribution >= 0.6 is 0 Å². The maximum absolute atomic E-state index is 11.0. The summed E-state index contributed by atoms with van der Waals surface area (Å²) >= 11 is 0. The molecule has 0 aromatic rings. The zero-order chi connectivity index (χ0) is 19.2. The molecule has 0 bridgehead atoms. The SMILES string of the molecule is CC=CC[C@@H](O)C[C@@H](O)CC(=O)O.CC=CC[C@@H]1C[C@@H](C)CC(=O)O1. The first kappa shape index (κ1) is 23.3. The smallest absolute Gasteiger partial charge is 0.306 e. The summed E-state index contributed by atoms with van der Waals surface area (Å²) in [5.74, 6) is -0.601. The zero-order valence-corrected chi connectivity index (χ0v) is 15.4. The van der Waals surface area contributed by atoms with E-state index in [4.69, 9.17) is 14.9 Å². The molecule has 1 saturated heterocycles. The van der Waals surface area contributed by atoms with Crippen molar-refractivity contribution in [1.82, 2.24) is 0 Å². The molecule has 1 heterocycles. The number of rotatable bonds is 8. The summed E-state index contributed by atoms with van der Waals surface area (Å²) in [5, 5.41) is 26.7. The van der Waals surface area contributed by atoms with Gasteiger partial charge in [-0.15, -0.1) is 0 Å². The number of allylic oxidation sites excluding steroid dienone is 2. The Morgan fingerprint density at radius 3 is 2.40 bits per heavy atom. The van der Waals surface area contributed by atoms with Crippen LogP contribution in [-0.4, -0.2) is 45.6 Å². The molecule has 1 fully saturated rings. The van der Waals surface area contributed by atoms with Crippen molar-refractivity contribution in [3.05, 3.63) is 24.3 Å². The minimum Gasteiger partial charge on any atom is -0.481 e. The molecule has 0 aromatic carbocycles. The minimum atomic E-state index is -1.05. The van der Waals surface area contributed by atoms with E-state index >= 15 is 0 Å². The van der Waals surface area contributed by atoms with Crippen molar-refractivity contribution in [2.24, 2.45) is 5.92 Å². The number of carboxylic acid groups (broad SMARTS) is 1. The molecule has 0 amide bonds. The Bertz CT molecular complexity index is 443. The average Bonchev–Trinajstić information content (AvgIpc) is 2.49. The number of aliphatic hydroxyl groups is 2. The van der Waals surface area contributed by atoms with E-state index in [1.54, 1.807) is 12.2 Å². The lowest BCUT2D eigenvalue weighted by Crippen LogP contribution is -2.27. The topological polar surface area (TPSA) is 104 Å². The maximum atomic E-state index is 11.0. The van der Waals surface area contributed by atoms with Gasteiger partial charge in [0.1, 0.15) is 6.10 Å². The lowest BCUT2D eigenvalue weighted by molar-refractivity contribution is -0.156. The van der Waals surface area contributed by atoms with Crippen molar-refractivity contribution in [1.29, 1.82) is 0 Å². The van der Waals surface area contributed by atoms with Crippen LogP contribution in [0, 0.1) is 5.92 Å². The molecule has 1 rings (SSSR count). The molecule has 0 saturated carbocycles. The quantitative estimate of drug-likeness (QED) is 0.456. The Hall–Kier alpha value is -1.66. The zero-order valence-electron chi connectivity index (χ0n) is 15.4. The highest BCUT2D eigenvalue weighted by molar-refractivity contribution is 5.70. The van der Waals surface area contributed by atoms with Crippen LogP contribution in [0.2, 0.25) is 0 Å². The van der Waals surface area contributed by atoms with E-state index in [9.17, 15) is 14.7 Å². The van der Waals surface area contributed by atoms with Gasteiger partial charge in [-0.1, -0.05) is 31.2 Å². The summed E-state index contributed by atoms with van der Waals surface area (Å²) in [5.41, 5.74) is 0. The molecule has 1 aliphatic heterocycles. The second-order valence-electron chi connectivity index (χ2n) is 6.41. The Balaban J connectivity index is 0.000000462. The predicted octanol–water partition coefficient (Wildman–Crippen LogP) is 2.83. The first-order chi connectivity index (χ1) is 11.8. The number of carbonyl (C=O) groups excluding carboxylic acids is 1. The van der Waals surface area contributed by atoms with E-state index in [0.29, 0.717) is 18.8 Å². The summed E-state index contributed by atoms with van der Waals surface area (Å²) in [6.07, 6.45) is 8.83. The second kappa shape index (κ2) is 13.6. The number of cyclic esters (lactones) is 1. The number of hydrogen-bond acceptors (Lipinski definition) is 5. The third kappa shape index (κ3) is 13.3. The summed E-state index contributed by atoms with van der Waals surface area (Å²) in [6, 6.07) is 0. The van der Waals surface area contributed by atoms with Crippen molar-refractivity contribution >= 4 is 11.9 Å². The van der Waals surface area contributed by atoms with Gasteiger partial charge in [-0.2, -0.15) is 0 Å². The molecule has 0 unspecified atom stereocenters. The van der Waals surface area contributed by atoms with Crippen molar-refractivity contribution in [3.8, 4) is 0 Å². The maximum Gasteiger partial charge on any atom is 0.306 e. The highest BCUT2D eigenvalue weighted by Gasteiger charge is 2.24. The molecule has 25 heavy (non-hydrogen) atoms. The molecule has 0 aromatic heterocycles. The fourth-order valence-electron chi connectivity index (χ4n) is 2.52. The van der Waals surface area contributed by atoms with Gasteiger partial charge in [0.15, 0.2) is 0 Å². The van der Waals surface area contributed by atoms with Crippen molar-refractivity contribution in [3.63, 3.8) is 0 Å². The van der Waals surface area contributed by atoms with Gasteiger partial charge in [0.05, 0.1) is 18.6 Å². The first-order valence-corrected chi connectivity index (χ1v) is 8.78. The number of carboxylic acids is 1. The van der Waals surface area contributed by atoms with Crippen LogP contribution in [0.15, 0.2) is 24.3 Å². The molecular formula is C19H32O6. The van der Waals surface area contributed by atoms with Gasteiger partial charge in [-0.3, -0.25) is 9.59 Å². The Labute approximate surface area is 150 Å². The largest absolute Gasteiger partial charge is 0.481 e. The van der Waals surface area contributed by atoms with Gasteiger partial charge in [0.25, 0.3) is 0 Å². The van der Waals surface area contributed by atoms with Crippen LogP contribution in [-0.2, 0) is 14.3 Å². The van der Waals surface area contributed by atoms with Crippen LogP contribution in [0.3, 0.4) is 0 Å². The molecule has 4 atom stereocenters. The minimum absolute atomic E-state index is 0.0387. The number of esters is 1. The Kier molecular flexibility index (Phi) is 12.7. The summed E-state index contributed by atoms with van der Waals surface area (Å²) in [4.78, 5) is 21.2. The van der Waals surface area contributed by atoms with Crippen LogP contribution in [0.4, 0.5) is 0 Å². The van der Waals surface area contributed by atoms with Gasteiger partial charge in [0.2, 0.25) is 0 Å². The standard InChI is InChI=1S/C10H16O2.C9H16O4/c1-3-4-5-9-6-8(2)7-10(11)12-9;1-2-3-4-7(10)5-8(11)6-9(12)13/h3-4,8-9H,5-7H2,1-2H3;2-3,7-8,10-11H,4-6H2,1H3,(H,12,13)/t8-,9-;7-,8-/m11/s1. The lowest BCUT2D eigenvalue weighted by atomic mass is 9.95. The second-order valence-corrected chi connectivity index (χ2v) is 6.41. The predicted molar refractivity (Wildman–Crippen MR) is 96.0 cm³/mol. The molecule has 0 aliphatic carbocycles. The van der Waals surface area contributed by atoms with Gasteiger partial charge in [-0.25, -0.2) is 0 Å². The van der Waals surface area contributed by atoms with E-state index in [1.165, 1.54) is 0 Å². The van der Waals surface area contributed by atoms with Crippen molar-refractivity contribution < 1.29 is 29.6 Å². The molecule has 6 heteroatoms. The van der Waals surface area contributed by atoms with Crippen molar-refractivity contribution in [2.45, 2.75) is 77.6 Å². The third-order valence-electron chi connectivity index (χ3n) is 3.71. The normalized spacial score (nSPS) is 23.0. The van der Waals surface area contributed by atoms with E-state index in [0.717, 1.165) is 12.8 Å². The fourth-order valence-corrected chi connectivity index (χ4v) is 2.52. The summed E-state index contributed by atoms with van der Waals surface area (Å²) < 4.78 is 5.17. The highest BCUT2D eigenvalue weighted by Crippen LogP contribution is 2.22. The molecule has 0 radical (unpaired) electrons. The van der Waals surface area contributed by atoms with E-state index < -0.39 is 18.2 Å². The van der Waals surface area contributed by atoms with Gasteiger partial charge in [0, 0.05) is 19.3 Å². The highest BCUT2D eigenvalue weighted by atomic mass is 16.5. The van der Waals surface area contributed by atoms with Crippen LogP contribution in [0.25, 0.3) is 0 Å². The Morgan fingerprint density at radius 2 is 1.88 bits per heavy atom. The molecule has 1 aliphatic rings. The first-order valence-electron chi connectivity index (χ1n) is 8.78. The van der Waals surface area contributed by atoms with Crippen LogP contribution in [0.1, 0.15) is 59.3 Å². The molecule has 6 nitrogen and oxygen atoms in total. The number of aliphatic carboxylic acids is 1. The monoisotopic (exact) mass is 356 g/mol. The van der Waals surface area contributed by atoms with Crippen molar-refractivity contribution in [2.75, 3.05) is 0 Å². The number of aliphatic hydroxyl groups excluding tert-OH is 2. The van der Waals surface area contributed by atoms with Gasteiger partial charge < -0.3 is 20.1 Å². The number of carbonyl (C=O) groups is 2. The molecule has 3 N–H and O–H groups in total. The van der Waals surface area contributed by atoms with E-state index in [2.05, 4.69) is 13.0 Å². The number of ether oxygens (including phenoxy) is 1. The van der Waals surface area contributed by atoms with Crippen LogP contribution < -0.4 is 0 Å². The Morgan fingerprint density at radius 1 is 1.24 bits per heavy atom. The molecular weight excluding hydrogens is 324 g/mol. The van der Waals surface area contributed by atoms with E-state index in [1.807, 2.05) is 19.9 Å². The van der Waals surface area contributed by atoms with Gasteiger partial charge in [-0.05, 0) is 32.6 Å². The number of hydrogen-bond donors (Lipinski definition) is 3. The summed E-state index contributed by atoms with van der Waals surface area (Å²) in [7, 11) is 0. The summed E-state index contributed by atoms with van der Waals surface area (Å²) in [6.45, 7) is 5.91. The fraction of sp³-hybridized carbons (Fsp3) is 0.684. The van der Waals surface area contributed by atoms with Crippen LogP contribution in [0.5, 0.6) is 0 Å².